The number of rotatable bonds is 3. The molecule has 0 saturated heterocycles. The number of aromatic nitrogens is 3. The van der Waals surface area contributed by atoms with Gasteiger partial charge in [-0.05, 0) is 19.9 Å². The normalized spacial score (nSPS) is 13.0. The average molecular weight is 207 g/mol. The van der Waals surface area contributed by atoms with Crippen LogP contribution in [0.3, 0.4) is 0 Å². The van der Waals surface area contributed by atoms with Gasteiger partial charge in [0.2, 0.25) is 0 Å². The summed E-state index contributed by atoms with van der Waals surface area (Å²) in [5.74, 6) is 0.785. The zero-order valence-corrected chi connectivity index (χ0v) is 8.71. The van der Waals surface area contributed by atoms with Crippen molar-refractivity contribution in [1.82, 2.24) is 14.9 Å². The third-order valence-corrected chi connectivity index (χ3v) is 2.09. The van der Waals surface area contributed by atoms with Crippen LogP contribution in [0.4, 0.5) is 0 Å². The second-order valence-electron chi connectivity index (χ2n) is 3.54. The van der Waals surface area contributed by atoms with Crippen molar-refractivity contribution in [1.29, 1.82) is 0 Å². The molecule has 1 unspecified atom stereocenters. The van der Waals surface area contributed by atoms with Crippen LogP contribution in [0, 0.1) is 6.92 Å². The smallest absolute Gasteiger partial charge is 0.133 e. The number of aliphatic hydroxyl groups excluding tert-OH is 1. The molecule has 0 radical (unpaired) electrons. The van der Waals surface area contributed by atoms with E-state index in [-0.39, 0.29) is 0 Å². The molecule has 0 spiro atoms. The maximum Gasteiger partial charge on any atom is 0.133 e. The lowest BCUT2D eigenvalue weighted by Gasteiger charge is -1.98. The molecule has 0 aliphatic heterocycles. The van der Waals surface area contributed by atoms with Crippen molar-refractivity contribution < 1.29 is 9.63 Å². The van der Waals surface area contributed by atoms with E-state index in [2.05, 4.69) is 10.3 Å². The van der Waals surface area contributed by atoms with E-state index >= 15 is 0 Å². The van der Waals surface area contributed by atoms with Crippen LogP contribution in [0.25, 0.3) is 0 Å². The molecule has 2 heterocycles. The molecule has 15 heavy (non-hydrogen) atoms. The van der Waals surface area contributed by atoms with Crippen molar-refractivity contribution in [2.24, 2.45) is 0 Å². The van der Waals surface area contributed by atoms with Gasteiger partial charge < -0.3 is 9.63 Å². The molecule has 0 saturated carbocycles. The van der Waals surface area contributed by atoms with Gasteiger partial charge in [0.15, 0.2) is 0 Å². The molecule has 2 aromatic heterocycles. The second-order valence-corrected chi connectivity index (χ2v) is 3.54. The molecule has 80 valence electrons. The fourth-order valence-electron chi connectivity index (χ4n) is 1.35. The van der Waals surface area contributed by atoms with Gasteiger partial charge in [-0.25, -0.2) is 0 Å². The minimum absolute atomic E-state index is 0.537. The molecular formula is C10H13N3O2. The van der Waals surface area contributed by atoms with Crippen LogP contribution >= 0.6 is 0 Å². The lowest BCUT2D eigenvalue weighted by atomic mass is 10.3. The van der Waals surface area contributed by atoms with Crippen molar-refractivity contribution in [2.75, 3.05) is 0 Å². The summed E-state index contributed by atoms with van der Waals surface area (Å²) in [7, 11) is 0. The van der Waals surface area contributed by atoms with Crippen molar-refractivity contribution in [3.63, 3.8) is 0 Å². The summed E-state index contributed by atoms with van der Waals surface area (Å²) in [6, 6.07) is 3.65. The minimum atomic E-state index is -0.537. The van der Waals surface area contributed by atoms with Crippen LogP contribution in [0.5, 0.6) is 0 Å². The van der Waals surface area contributed by atoms with Gasteiger partial charge in [0.05, 0.1) is 18.3 Å². The summed E-state index contributed by atoms with van der Waals surface area (Å²) in [5, 5.41) is 17.4. The third kappa shape index (κ3) is 2.24. The van der Waals surface area contributed by atoms with Gasteiger partial charge in [0, 0.05) is 12.3 Å². The molecule has 0 aromatic carbocycles. The number of nitrogens with zero attached hydrogens (tertiary/aromatic N) is 3. The number of hydrogen-bond donors (Lipinski definition) is 1. The maximum absolute atomic E-state index is 9.30. The van der Waals surface area contributed by atoms with Crippen molar-refractivity contribution in [3.05, 3.63) is 35.5 Å². The van der Waals surface area contributed by atoms with Crippen LogP contribution in [-0.2, 0) is 6.54 Å². The standard InChI is InChI=1S/C10H13N3O2/c1-7-5-9(12-15-7)6-13-4-3-10(11-13)8(2)14/h3-5,8,14H,6H2,1-2H3. The third-order valence-electron chi connectivity index (χ3n) is 2.09. The molecule has 5 heteroatoms. The topological polar surface area (TPSA) is 64.1 Å². The summed E-state index contributed by atoms with van der Waals surface area (Å²) >= 11 is 0. The zero-order valence-electron chi connectivity index (χ0n) is 8.71. The van der Waals surface area contributed by atoms with E-state index in [4.69, 9.17) is 4.52 Å². The Bertz CT molecular complexity index is 445. The van der Waals surface area contributed by atoms with Crippen molar-refractivity contribution in [2.45, 2.75) is 26.5 Å². The monoisotopic (exact) mass is 207 g/mol. The molecule has 0 aliphatic rings. The van der Waals surface area contributed by atoms with Crippen LogP contribution in [0.2, 0.25) is 0 Å². The summed E-state index contributed by atoms with van der Waals surface area (Å²) in [4.78, 5) is 0. The fourth-order valence-corrected chi connectivity index (χ4v) is 1.35. The largest absolute Gasteiger partial charge is 0.387 e. The Morgan fingerprint density at radius 3 is 2.93 bits per heavy atom. The summed E-state index contributed by atoms with van der Waals surface area (Å²) < 4.78 is 6.67. The van der Waals surface area contributed by atoms with Gasteiger partial charge in [-0.1, -0.05) is 5.16 Å². The molecule has 2 aromatic rings. The number of aliphatic hydroxyl groups is 1. The van der Waals surface area contributed by atoms with E-state index in [0.717, 1.165) is 11.5 Å². The molecule has 2 rings (SSSR count). The highest BCUT2D eigenvalue weighted by Crippen LogP contribution is 2.09. The molecule has 5 nitrogen and oxygen atoms in total. The minimum Gasteiger partial charge on any atom is -0.387 e. The van der Waals surface area contributed by atoms with Gasteiger partial charge in [-0.15, -0.1) is 0 Å². The first-order valence-corrected chi connectivity index (χ1v) is 4.79. The van der Waals surface area contributed by atoms with E-state index in [0.29, 0.717) is 12.2 Å². The van der Waals surface area contributed by atoms with Gasteiger partial charge in [0.1, 0.15) is 11.5 Å². The summed E-state index contributed by atoms with van der Waals surface area (Å²) in [6.07, 6.45) is 1.27. The first-order chi connectivity index (χ1) is 7.15. The average Bonchev–Trinajstić information content (AvgIpc) is 2.76. The molecule has 0 fully saturated rings. The van der Waals surface area contributed by atoms with Crippen LogP contribution < -0.4 is 0 Å². The Morgan fingerprint density at radius 2 is 2.40 bits per heavy atom. The van der Waals surface area contributed by atoms with Gasteiger partial charge in [-0.2, -0.15) is 5.10 Å². The van der Waals surface area contributed by atoms with E-state index in [9.17, 15) is 5.11 Å². The maximum atomic E-state index is 9.30. The lowest BCUT2D eigenvalue weighted by Crippen LogP contribution is -2.02. The Kier molecular flexibility index (Phi) is 2.55. The molecular weight excluding hydrogens is 194 g/mol. The Hall–Kier alpha value is -1.62. The van der Waals surface area contributed by atoms with Gasteiger partial charge in [0.25, 0.3) is 0 Å². The Morgan fingerprint density at radius 1 is 1.60 bits per heavy atom. The SMILES string of the molecule is Cc1cc(Cn2ccc(C(C)O)n2)no1. The molecule has 0 bridgehead atoms. The highest BCUT2D eigenvalue weighted by molar-refractivity contribution is 5.06. The predicted molar refractivity (Wildman–Crippen MR) is 53.2 cm³/mol. The molecule has 1 N–H and O–H groups in total. The van der Waals surface area contributed by atoms with Gasteiger partial charge in [-0.3, -0.25) is 4.68 Å². The van der Waals surface area contributed by atoms with Crippen molar-refractivity contribution in [3.8, 4) is 0 Å². The number of aryl methyl sites for hydroxylation is 1. The zero-order chi connectivity index (χ0) is 10.8. The lowest BCUT2D eigenvalue weighted by molar-refractivity contribution is 0.193. The summed E-state index contributed by atoms with van der Waals surface area (Å²) in [5.41, 5.74) is 1.49. The first-order valence-electron chi connectivity index (χ1n) is 4.79. The highest BCUT2D eigenvalue weighted by Gasteiger charge is 2.06. The van der Waals surface area contributed by atoms with Crippen LogP contribution in [0.1, 0.15) is 30.2 Å². The Balaban J connectivity index is 2.11. The first kappa shape index (κ1) is 9.92. The van der Waals surface area contributed by atoms with E-state index in [1.807, 2.05) is 19.2 Å². The van der Waals surface area contributed by atoms with E-state index in [1.165, 1.54) is 0 Å². The number of hydrogen-bond acceptors (Lipinski definition) is 4. The van der Waals surface area contributed by atoms with Crippen LogP contribution in [-0.4, -0.2) is 20.0 Å². The van der Waals surface area contributed by atoms with E-state index < -0.39 is 6.10 Å². The predicted octanol–water partition coefficient (Wildman–Crippen LogP) is 1.28. The second kappa shape index (κ2) is 3.86. The van der Waals surface area contributed by atoms with Gasteiger partial charge >= 0.3 is 0 Å². The molecule has 0 aliphatic carbocycles. The fraction of sp³-hybridized carbons (Fsp3) is 0.400. The molecule has 0 amide bonds. The van der Waals surface area contributed by atoms with Crippen LogP contribution in [0.15, 0.2) is 22.9 Å². The quantitative estimate of drug-likeness (QED) is 0.823. The summed E-state index contributed by atoms with van der Waals surface area (Å²) in [6.45, 7) is 4.10. The Labute approximate surface area is 87.3 Å². The van der Waals surface area contributed by atoms with E-state index in [1.54, 1.807) is 17.7 Å². The van der Waals surface area contributed by atoms with Crippen molar-refractivity contribution >= 4 is 0 Å². The molecule has 1 atom stereocenters. The highest BCUT2D eigenvalue weighted by atomic mass is 16.5.